The molecule has 0 aliphatic carbocycles. The molecule has 1 amide bonds. The molecule has 0 radical (unpaired) electrons. The predicted molar refractivity (Wildman–Crippen MR) is 111 cm³/mol. The first-order chi connectivity index (χ1) is 13.5. The molecule has 1 saturated heterocycles. The molecule has 1 fully saturated rings. The Morgan fingerprint density at radius 2 is 1.79 bits per heavy atom. The van der Waals surface area contributed by atoms with Gasteiger partial charge in [0, 0.05) is 62.6 Å². The van der Waals surface area contributed by atoms with E-state index in [2.05, 4.69) is 27.1 Å². The fourth-order valence-corrected chi connectivity index (χ4v) is 3.52. The molecule has 1 N–H and O–H groups in total. The number of benzene rings is 1. The summed E-state index contributed by atoms with van der Waals surface area (Å²) in [6, 6.07) is 12.3. The van der Waals surface area contributed by atoms with Crippen LogP contribution in [0.15, 0.2) is 53.5 Å². The van der Waals surface area contributed by atoms with Crippen LogP contribution in [0.2, 0.25) is 0 Å². The number of nitrogens with one attached hydrogen (secondary N) is 1. The molecule has 4 rings (SSSR count). The Kier molecular flexibility index (Phi) is 4.83. The summed E-state index contributed by atoms with van der Waals surface area (Å²) in [5.41, 5.74) is 1.55. The van der Waals surface area contributed by atoms with Gasteiger partial charge in [-0.15, -0.1) is 0 Å². The van der Waals surface area contributed by atoms with E-state index in [4.69, 9.17) is 0 Å². The van der Waals surface area contributed by atoms with Crippen molar-refractivity contribution in [1.29, 1.82) is 0 Å². The maximum atomic E-state index is 12.8. The van der Waals surface area contributed by atoms with Gasteiger partial charge in [-0.05, 0) is 25.2 Å². The third-order valence-corrected chi connectivity index (χ3v) is 5.22. The van der Waals surface area contributed by atoms with Crippen molar-refractivity contribution >= 4 is 28.3 Å². The minimum Gasteiger partial charge on any atom is -0.354 e. The van der Waals surface area contributed by atoms with Gasteiger partial charge in [-0.1, -0.05) is 12.1 Å². The van der Waals surface area contributed by atoms with Crippen LogP contribution in [0.3, 0.4) is 0 Å². The van der Waals surface area contributed by atoms with E-state index in [1.54, 1.807) is 29.9 Å². The number of hydrogen-bond acceptors (Lipinski definition) is 5. The Morgan fingerprint density at radius 3 is 2.57 bits per heavy atom. The average molecular weight is 377 g/mol. The topological polar surface area (TPSA) is 70.5 Å². The van der Waals surface area contributed by atoms with Crippen molar-refractivity contribution in [1.82, 2.24) is 14.5 Å². The summed E-state index contributed by atoms with van der Waals surface area (Å²) in [5.74, 6) is 0.527. The zero-order chi connectivity index (χ0) is 19.7. The van der Waals surface area contributed by atoms with Gasteiger partial charge in [-0.25, -0.2) is 4.98 Å². The van der Waals surface area contributed by atoms with Crippen LogP contribution in [-0.4, -0.2) is 53.6 Å². The van der Waals surface area contributed by atoms with Gasteiger partial charge in [-0.3, -0.25) is 9.59 Å². The van der Waals surface area contributed by atoms with E-state index in [1.807, 2.05) is 24.3 Å². The summed E-state index contributed by atoms with van der Waals surface area (Å²) in [7, 11) is 3.90. The number of aryl methyl sites for hydroxylation is 1. The molecule has 28 heavy (non-hydrogen) atoms. The summed E-state index contributed by atoms with van der Waals surface area (Å²) in [5, 5.41) is 3.50. The molecular formula is C21H23N5O2. The molecule has 0 bridgehead atoms. The Morgan fingerprint density at radius 1 is 1.04 bits per heavy atom. The van der Waals surface area contributed by atoms with Crippen molar-refractivity contribution < 1.29 is 4.79 Å². The van der Waals surface area contributed by atoms with Crippen molar-refractivity contribution in [2.75, 3.05) is 43.4 Å². The zero-order valence-electron chi connectivity index (χ0n) is 16.1. The van der Waals surface area contributed by atoms with Gasteiger partial charge in [-0.2, -0.15) is 0 Å². The van der Waals surface area contributed by atoms with Crippen molar-refractivity contribution in [3.63, 3.8) is 0 Å². The molecule has 7 nitrogen and oxygen atoms in total. The summed E-state index contributed by atoms with van der Waals surface area (Å²) >= 11 is 0. The normalized spacial score (nSPS) is 15.0. The van der Waals surface area contributed by atoms with Gasteiger partial charge in [0.2, 0.25) is 0 Å². The Hall–Kier alpha value is -3.19. The highest BCUT2D eigenvalue weighted by molar-refractivity contribution is 6.04. The van der Waals surface area contributed by atoms with Crippen LogP contribution in [-0.2, 0) is 7.05 Å². The summed E-state index contributed by atoms with van der Waals surface area (Å²) in [4.78, 5) is 34.2. The average Bonchev–Trinajstić information content (AvgIpc) is 2.71. The third kappa shape index (κ3) is 3.48. The molecule has 0 spiro atoms. The summed E-state index contributed by atoms with van der Waals surface area (Å²) in [6.45, 7) is 3.77. The number of pyridine rings is 2. The van der Waals surface area contributed by atoms with Crippen LogP contribution < -0.4 is 15.6 Å². The number of amides is 1. The van der Waals surface area contributed by atoms with Crippen LogP contribution in [0.1, 0.15) is 10.5 Å². The number of aromatic nitrogens is 2. The minimum atomic E-state index is -0.319. The molecule has 3 heterocycles. The molecule has 0 saturated carbocycles. The molecule has 1 aliphatic rings. The van der Waals surface area contributed by atoms with E-state index in [1.165, 1.54) is 6.07 Å². The van der Waals surface area contributed by atoms with E-state index < -0.39 is 0 Å². The number of likely N-dealkylation sites (N-methyl/N-ethyl adjacent to an activating group) is 1. The van der Waals surface area contributed by atoms with Crippen LogP contribution in [0.5, 0.6) is 0 Å². The number of carbonyl (C=O) groups excluding carboxylic acids is 1. The monoisotopic (exact) mass is 377 g/mol. The van der Waals surface area contributed by atoms with Crippen LogP contribution >= 0.6 is 0 Å². The highest BCUT2D eigenvalue weighted by Gasteiger charge is 2.17. The van der Waals surface area contributed by atoms with Crippen molar-refractivity contribution in [3.05, 3.63) is 64.6 Å². The van der Waals surface area contributed by atoms with Crippen LogP contribution in [0.4, 0.5) is 11.5 Å². The fraction of sp³-hybridized carbons (Fsp3) is 0.286. The molecule has 2 aromatic heterocycles. The number of fused-ring (bicyclic) bond motifs is 1. The first-order valence-corrected chi connectivity index (χ1v) is 9.32. The van der Waals surface area contributed by atoms with Gasteiger partial charge >= 0.3 is 0 Å². The van der Waals surface area contributed by atoms with Crippen molar-refractivity contribution in [3.8, 4) is 0 Å². The lowest BCUT2D eigenvalue weighted by atomic mass is 10.1. The minimum absolute atomic E-state index is 0.160. The number of anilines is 2. The summed E-state index contributed by atoms with van der Waals surface area (Å²) in [6.07, 6.45) is 1.70. The standard InChI is InChI=1S/C21H23N5O2/c1-24-9-11-26(12-10-24)20-13-15(7-8-22-20)23-21(28)18-14-19(27)16-5-3-4-6-17(16)25(18)2/h3-8,13-14H,9-12H2,1-2H3,(H,22,23,28). The van der Waals surface area contributed by atoms with E-state index >= 15 is 0 Å². The maximum Gasteiger partial charge on any atom is 0.272 e. The smallest absolute Gasteiger partial charge is 0.272 e. The molecule has 1 aliphatic heterocycles. The molecule has 7 heteroatoms. The second-order valence-electron chi connectivity index (χ2n) is 7.12. The molecule has 0 atom stereocenters. The first kappa shape index (κ1) is 18.2. The molecular weight excluding hydrogens is 354 g/mol. The predicted octanol–water partition coefficient (Wildman–Crippen LogP) is 1.94. The second-order valence-corrected chi connectivity index (χ2v) is 7.12. The van der Waals surface area contributed by atoms with Crippen LogP contribution in [0, 0.1) is 0 Å². The SMILES string of the molecule is CN1CCN(c2cc(NC(=O)c3cc(=O)c4ccccc4n3C)ccn2)CC1. The van der Waals surface area contributed by atoms with E-state index in [-0.39, 0.29) is 11.3 Å². The highest BCUT2D eigenvalue weighted by Crippen LogP contribution is 2.19. The molecule has 0 unspecified atom stereocenters. The lowest BCUT2D eigenvalue weighted by Crippen LogP contribution is -2.44. The first-order valence-electron chi connectivity index (χ1n) is 9.32. The highest BCUT2D eigenvalue weighted by atomic mass is 16.2. The van der Waals surface area contributed by atoms with Gasteiger partial charge in [0.05, 0.1) is 5.52 Å². The van der Waals surface area contributed by atoms with Gasteiger partial charge in [0.1, 0.15) is 11.5 Å². The van der Waals surface area contributed by atoms with E-state index in [9.17, 15) is 9.59 Å². The third-order valence-electron chi connectivity index (χ3n) is 5.22. The maximum absolute atomic E-state index is 12.8. The zero-order valence-corrected chi connectivity index (χ0v) is 16.1. The van der Waals surface area contributed by atoms with Crippen molar-refractivity contribution in [2.45, 2.75) is 0 Å². The lowest BCUT2D eigenvalue weighted by molar-refractivity contribution is 0.101. The fourth-order valence-electron chi connectivity index (χ4n) is 3.52. The van der Waals surface area contributed by atoms with Crippen molar-refractivity contribution in [2.24, 2.45) is 7.05 Å². The van der Waals surface area contributed by atoms with Gasteiger partial charge in [0.25, 0.3) is 5.91 Å². The number of hydrogen-bond donors (Lipinski definition) is 1. The number of rotatable bonds is 3. The molecule has 144 valence electrons. The van der Waals surface area contributed by atoms with Gasteiger partial charge < -0.3 is 19.7 Å². The number of para-hydroxylation sites is 1. The number of carbonyl (C=O) groups is 1. The largest absolute Gasteiger partial charge is 0.354 e. The van der Waals surface area contributed by atoms with Crippen LogP contribution in [0.25, 0.3) is 10.9 Å². The quantitative estimate of drug-likeness (QED) is 0.755. The molecule has 3 aromatic rings. The number of piperazine rings is 1. The summed E-state index contributed by atoms with van der Waals surface area (Å²) < 4.78 is 1.74. The lowest BCUT2D eigenvalue weighted by Gasteiger charge is -2.33. The second kappa shape index (κ2) is 7.44. The number of nitrogens with zero attached hydrogens (tertiary/aromatic N) is 4. The Labute approximate surface area is 163 Å². The Bertz CT molecular complexity index is 1080. The van der Waals surface area contributed by atoms with E-state index in [0.717, 1.165) is 37.5 Å². The van der Waals surface area contributed by atoms with Gasteiger partial charge in [0.15, 0.2) is 5.43 Å². The molecule has 1 aromatic carbocycles. The van der Waals surface area contributed by atoms with E-state index in [0.29, 0.717) is 16.8 Å². The Balaban J connectivity index is 1.59.